The zero-order valence-corrected chi connectivity index (χ0v) is 17.8. The number of amides is 1. The van der Waals surface area contributed by atoms with E-state index in [-0.39, 0.29) is 5.91 Å². The number of piperazine rings is 1. The zero-order valence-electron chi connectivity index (χ0n) is 17.0. The first kappa shape index (κ1) is 20.4. The molecule has 0 N–H and O–H groups in total. The van der Waals surface area contributed by atoms with Gasteiger partial charge in [0.25, 0.3) is 0 Å². The summed E-state index contributed by atoms with van der Waals surface area (Å²) >= 11 is 6.14. The summed E-state index contributed by atoms with van der Waals surface area (Å²) < 4.78 is 7.25. The molecule has 1 aliphatic heterocycles. The van der Waals surface area contributed by atoms with Crippen LogP contribution in [0.5, 0.6) is 5.75 Å². The van der Waals surface area contributed by atoms with Crippen molar-refractivity contribution in [2.24, 2.45) is 0 Å². The van der Waals surface area contributed by atoms with Gasteiger partial charge in [-0.2, -0.15) is 5.10 Å². The second kappa shape index (κ2) is 9.32. The molecule has 0 saturated carbocycles. The normalized spacial score (nSPS) is 14.7. The predicted octanol–water partition coefficient (Wildman–Crippen LogP) is 3.42. The number of nitrogens with zero attached hydrogens (tertiary/aromatic N) is 4. The number of carbonyl (C=O) groups excluding carboxylic acids is 1. The molecule has 4 rings (SSSR count). The molecule has 0 bridgehead atoms. The fourth-order valence-corrected chi connectivity index (χ4v) is 3.92. The van der Waals surface area contributed by atoms with E-state index in [1.54, 1.807) is 18.0 Å². The van der Waals surface area contributed by atoms with Crippen LogP contribution in [0, 0.1) is 0 Å². The minimum atomic E-state index is 0.141. The fourth-order valence-electron chi connectivity index (χ4n) is 3.73. The average Bonchev–Trinajstić information content (AvgIpc) is 3.23. The Hall–Kier alpha value is -2.83. The minimum absolute atomic E-state index is 0.141. The molecule has 3 aromatic rings. The lowest BCUT2D eigenvalue weighted by Gasteiger charge is -2.35. The molecule has 1 fully saturated rings. The smallest absolute Gasteiger partial charge is 0.227 e. The molecule has 156 valence electrons. The lowest BCUT2D eigenvalue weighted by molar-refractivity contribution is -0.132. The Bertz CT molecular complexity index is 997. The number of benzene rings is 2. The second-order valence-electron chi connectivity index (χ2n) is 7.42. The molecular weight excluding hydrogens is 400 g/mol. The highest BCUT2D eigenvalue weighted by atomic mass is 35.5. The number of rotatable bonds is 6. The molecule has 0 atom stereocenters. The monoisotopic (exact) mass is 424 g/mol. The lowest BCUT2D eigenvalue weighted by atomic mass is 10.1. The second-order valence-corrected chi connectivity index (χ2v) is 7.86. The van der Waals surface area contributed by atoms with E-state index in [1.807, 2.05) is 59.6 Å². The van der Waals surface area contributed by atoms with Gasteiger partial charge in [-0.05, 0) is 35.9 Å². The summed E-state index contributed by atoms with van der Waals surface area (Å²) in [4.78, 5) is 17.0. The van der Waals surface area contributed by atoms with E-state index >= 15 is 0 Å². The molecular formula is C23H25ClN4O2. The standard InChI is InChI=1S/C23H25ClN4O2/c1-30-22-8-7-20(24)14-19(22)17-26-9-11-27(12-10-26)23(29)13-18-15-25-28(16-18)21-5-3-2-4-6-21/h2-8,14-16H,9-13,17H2,1H3. The minimum Gasteiger partial charge on any atom is -0.496 e. The molecule has 7 heteroatoms. The van der Waals surface area contributed by atoms with E-state index in [2.05, 4.69) is 10.00 Å². The van der Waals surface area contributed by atoms with Gasteiger partial charge >= 0.3 is 0 Å². The van der Waals surface area contributed by atoms with E-state index in [4.69, 9.17) is 16.3 Å². The van der Waals surface area contributed by atoms with Gasteiger partial charge in [-0.3, -0.25) is 9.69 Å². The lowest BCUT2D eigenvalue weighted by Crippen LogP contribution is -2.48. The molecule has 1 aliphatic rings. The van der Waals surface area contributed by atoms with Crippen molar-refractivity contribution in [3.8, 4) is 11.4 Å². The maximum absolute atomic E-state index is 12.8. The molecule has 1 amide bonds. The van der Waals surface area contributed by atoms with Gasteiger partial charge in [0.05, 0.1) is 25.4 Å². The van der Waals surface area contributed by atoms with Crippen LogP contribution in [-0.4, -0.2) is 58.8 Å². The highest BCUT2D eigenvalue weighted by Gasteiger charge is 2.22. The first-order chi connectivity index (χ1) is 14.6. The number of halogens is 1. The third kappa shape index (κ3) is 4.83. The number of carbonyl (C=O) groups is 1. The van der Waals surface area contributed by atoms with E-state index < -0.39 is 0 Å². The van der Waals surface area contributed by atoms with Gasteiger partial charge in [0.15, 0.2) is 0 Å². The number of aromatic nitrogens is 2. The van der Waals surface area contributed by atoms with E-state index in [1.165, 1.54) is 0 Å². The Morgan fingerprint density at radius 2 is 1.87 bits per heavy atom. The van der Waals surface area contributed by atoms with E-state index in [9.17, 15) is 4.79 Å². The Balaban J connectivity index is 1.31. The number of ether oxygens (including phenoxy) is 1. The van der Waals surface area contributed by atoms with Crippen molar-refractivity contribution >= 4 is 17.5 Å². The predicted molar refractivity (Wildman–Crippen MR) is 117 cm³/mol. The van der Waals surface area contributed by atoms with Gasteiger partial charge < -0.3 is 9.64 Å². The summed E-state index contributed by atoms with van der Waals surface area (Å²) in [7, 11) is 1.67. The Morgan fingerprint density at radius 3 is 2.60 bits per heavy atom. The van der Waals surface area contributed by atoms with Gasteiger partial charge in [0.2, 0.25) is 5.91 Å². The molecule has 1 aromatic heterocycles. The van der Waals surface area contributed by atoms with Gasteiger partial charge in [-0.15, -0.1) is 0 Å². The largest absolute Gasteiger partial charge is 0.496 e. The van der Waals surface area contributed by atoms with E-state index in [0.717, 1.165) is 42.2 Å². The topological polar surface area (TPSA) is 50.6 Å². The van der Waals surface area contributed by atoms with Crippen LogP contribution in [0.25, 0.3) is 5.69 Å². The average molecular weight is 425 g/mol. The quantitative estimate of drug-likeness (QED) is 0.608. The van der Waals surface area contributed by atoms with Crippen molar-refractivity contribution in [1.82, 2.24) is 19.6 Å². The highest BCUT2D eigenvalue weighted by Crippen LogP contribution is 2.24. The van der Waals surface area contributed by atoms with Crippen LogP contribution in [0.4, 0.5) is 0 Å². The zero-order chi connectivity index (χ0) is 20.9. The summed E-state index contributed by atoms with van der Waals surface area (Å²) in [6.07, 6.45) is 4.07. The van der Waals surface area contributed by atoms with Crippen LogP contribution in [0.2, 0.25) is 5.02 Å². The van der Waals surface area contributed by atoms with Crippen molar-refractivity contribution in [2.75, 3.05) is 33.3 Å². The third-order valence-electron chi connectivity index (χ3n) is 5.37. The maximum atomic E-state index is 12.8. The highest BCUT2D eigenvalue weighted by molar-refractivity contribution is 6.30. The Morgan fingerprint density at radius 1 is 1.10 bits per heavy atom. The van der Waals surface area contributed by atoms with Gasteiger partial charge in [0, 0.05) is 49.5 Å². The van der Waals surface area contributed by atoms with Gasteiger partial charge in [-0.25, -0.2) is 4.68 Å². The molecule has 0 radical (unpaired) electrons. The molecule has 30 heavy (non-hydrogen) atoms. The van der Waals surface area contributed by atoms with Crippen LogP contribution in [0.1, 0.15) is 11.1 Å². The molecule has 2 aromatic carbocycles. The van der Waals surface area contributed by atoms with Crippen LogP contribution in [0.15, 0.2) is 60.9 Å². The fraction of sp³-hybridized carbons (Fsp3) is 0.304. The summed E-state index contributed by atoms with van der Waals surface area (Å²) in [5.74, 6) is 0.982. The molecule has 6 nitrogen and oxygen atoms in total. The number of para-hydroxylation sites is 1. The van der Waals surface area contributed by atoms with Crippen molar-refractivity contribution in [1.29, 1.82) is 0 Å². The third-order valence-corrected chi connectivity index (χ3v) is 5.61. The summed E-state index contributed by atoms with van der Waals surface area (Å²) in [6.45, 7) is 3.84. The van der Waals surface area contributed by atoms with Crippen molar-refractivity contribution in [3.05, 3.63) is 77.1 Å². The van der Waals surface area contributed by atoms with Crippen LogP contribution in [-0.2, 0) is 17.8 Å². The summed E-state index contributed by atoms with van der Waals surface area (Å²) in [6, 6.07) is 15.6. The molecule has 1 saturated heterocycles. The van der Waals surface area contributed by atoms with Crippen LogP contribution >= 0.6 is 11.6 Å². The van der Waals surface area contributed by atoms with Crippen molar-refractivity contribution < 1.29 is 9.53 Å². The molecule has 0 spiro atoms. The molecule has 2 heterocycles. The molecule has 0 unspecified atom stereocenters. The van der Waals surface area contributed by atoms with Crippen molar-refractivity contribution in [3.63, 3.8) is 0 Å². The first-order valence-electron chi connectivity index (χ1n) is 10.0. The van der Waals surface area contributed by atoms with Crippen LogP contribution < -0.4 is 4.74 Å². The van der Waals surface area contributed by atoms with Gasteiger partial charge in [-0.1, -0.05) is 29.8 Å². The number of hydrogen-bond donors (Lipinski definition) is 0. The maximum Gasteiger partial charge on any atom is 0.227 e. The SMILES string of the molecule is COc1ccc(Cl)cc1CN1CCN(C(=O)Cc2cnn(-c3ccccc3)c2)CC1. The Labute approximate surface area is 181 Å². The van der Waals surface area contributed by atoms with E-state index in [0.29, 0.717) is 24.5 Å². The van der Waals surface area contributed by atoms with Crippen LogP contribution in [0.3, 0.4) is 0 Å². The van der Waals surface area contributed by atoms with Gasteiger partial charge in [0.1, 0.15) is 5.75 Å². The summed E-state index contributed by atoms with van der Waals surface area (Å²) in [5.41, 5.74) is 2.98. The first-order valence-corrected chi connectivity index (χ1v) is 10.4. The van der Waals surface area contributed by atoms with Crippen molar-refractivity contribution in [2.45, 2.75) is 13.0 Å². The number of hydrogen-bond acceptors (Lipinski definition) is 4. The Kier molecular flexibility index (Phi) is 6.35. The number of methoxy groups -OCH3 is 1. The summed E-state index contributed by atoms with van der Waals surface area (Å²) in [5, 5.41) is 5.09. The molecule has 0 aliphatic carbocycles.